The van der Waals surface area contributed by atoms with E-state index < -0.39 is 36.4 Å². The zero-order chi connectivity index (χ0) is 33.1. The predicted molar refractivity (Wildman–Crippen MR) is 166 cm³/mol. The molecule has 2 aromatic rings. The zero-order valence-corrected chi connectivity index (χ0v) is 25.8. The van der Waals surface area contributed by atoms with Crippen molar-refractivity contribution in [1.29, 1.82) is 0 Å². The van der Waals surface area contributed by atoms with Crippen molar-refractivity contribution < 1.29 is 44.4 Å². The number of hydrogen-bond donors (Lipinski definition) is 4. The number of aryl methyl sites for hydroxylation is 1. The molecule has 2 aromatic carbocycles. The van der Waals surface area contributed by atoms with E-state index in [1.807, 2.05) is 28.0 Å². The fourth-order valence-corrected chi connectivity index (χ4v) is 7.22. The monoisotopic (exact) mass is 635 g/mol. The highest BCUT2D eigenvalue weighted by molar-refractivity contribution is 6.03. The van der Waals surface area contributed by atoms with Crippen molar-refractivity contribution >= 4 is 35.4 Å². The number of aliphatic hydroxyl groups is 1. The fraction of sp³-hybridized carbons (Fsp3) is 0.500. The number of carboxylic acids is 3. The van der Waals surface area contributed by atoms with Gasteiger partial charge in [0.1, 0.15) is 6.04 Å². The number of aliphatic carboxylic acids is 3. The molecule has 2 saturated heterocycles. The van der Waals surface area contributed by atoms with Crippen LogP contribution in [0.4, 0.5) is 5.69 Å². The van der Waals surface area contributed by atoms with Gasteiger partial charge in [-0.05, 0) is 73.4 Å². The highest BCUT2D eigenvalue weighted by Crippen LogP contribution is 2.46. The number of carbonyl (C=O) groups excluding carboxylic acids is 2. The molecule has 246 valence electrons. The molecule has 2 fully saturated rings. The third-order valence-electron chi connectivity index (χ3n) is 9.90. The predicted octanol–water partition coefficient (Wildman–Crippen LogP) is 2.30. The average Bonchev–Trinajstić information content (AvgIpc) is 3.55. The van der Waals surface area contributed by atoms with Gasteiger partial charge in [-0.1, -0.05) is 42.5 Å². The molecule has 1 aliphatic carbocycles. The molecule has 1 spiro atoms. The summed E-state index contributed by atoms with van der Waals surface area (Å²) in [6.07, 6.45) is 4.73. The minimum atomic E-state index is -2.74. The van der Waals surface area contributed by atoms with E-state index in [4.69, 9.17) is 20.4 Å². The second-order valence-corrected chi connectivity index (χ2v) is 12.8. The number of fused-ring (bicyclic) bond motifs is 3. The number of carbonyl (C=O) groups is 5. The molecule has 46 heavy (non-hydrogen) atoms. The van der Waals surface area contributed by atoms with Gasteiger partial charge >= 0.3 is 17.9 Å². The van der Waals surface area contributed by atoms with Crippen LogP contribution in [0.1, 0.15) is 61.6 Å². The first-order valence-electron chi connectivity index (χ1n) is 15.8. The summed E-state index contributed by atoms with van der Waals surface area (Å²) in [5.74, 6) is -4.81. The van der Waals surface area contributed by atoms with Gasteiger partial charge in [0.25, 0.3) is 0 Å². The Bertz CT molecular complexity index is 1480. The van der Waals surface area contributed by atoms with Gasteiger partial charge in [-0.2, -0.15) is 0 Å². The summed E-state index contributed by atoms with van der Waals surface area (Å²) in [7, 11) is 0. The second kappa shape index (κ2) is 13.6. The SMILES string of the molecule is O=C(O)CC(O)(CC(=O)O)C(=O)O.O=C([C@@H]1Cc2ccccc2N1C(=O)CCN1CCC2(CCc3ccccc32)CC1)N1CCC1. The number of para-hydroxylation sites is 1. The number of hydrogen-bond acceptors (Lipinski definition) is 7. The van der Waals surface area contributed by atoms with Crippen LogP contribution < -0.4 is 4.90 Å². The molecule has 1 atom stereocenters. The third kappa shape index (κ3) is 6.92. The fourth-order valence-electron chi connectivity index (χ4n) is 7.22. The number of amides is 2. The van der Waals surface area contributed by atoms with E-state index in [1.54, 1.807) is 5.56 Å². The van der Waals surface area contributed by atoms with Crippen molar-refractivity contribution in [2.45, 2.75) is 74.8 Å². The summed E-state index contributed by atoms with van der Waals surface area (Å²) in [4.78, 5) is 63.2. The molecule has 3 aliphatic heterocycles. The van der Waals surface area contributed by atoms with E-state index in [0.717, 1.165) is 50.4 Å². The second-order valence-electron chi connectivity index (χ2n) is 12.8. The molecule has 3 heterocycles. The molecule has 12 nitrogen and oxygen atoms in total. The summed E-state index contributed by atoms with van der Waals surface area (Å²) in [5, 5.41) is 33.8. The van der Waals surface area contributed by atoms with E-state index in [1.165, 1.54) is 31.2 Å². The Labute approximate surface area is 267 Å². The van der Waals surface area contributed by atoms with Crippen LogP contribution in [0.15, 0.2) is 48.5 Å². The molecule has 4 aliphatic rings. The average molecular weight is 636 g/mol. The van der Waals surface area contributed by atoms with Crippen LogP contribution in [-0.4, -0.2) is 104 Å². The van der Waals surface area contributed by atoms with Crippen molar-refractivity contribution in [2.24, 2.45) is 0 Å². The van der Waals surface area contributed by atoms with E-state index >= 15 is 0 Å². The quantitative estimate of drug-likeness (QED) is 0.320. The molecule has 0 aromatic heterocycles. The largest absolute Gasteiger partial charge is 0.481 e. The number of likely N-dealkylation sites (tertiary alicyclic amines) is 2. The Morgan fingerprint density at radius 3 is 2.00 bits per heavy atom. The maximum Gasteiger partial charge on any atom is 0.336 e. The third-order valence-corrected chi connectivity index (χ3v) is 9.90. The van der Waals surface area contributed by atoms with E-state index in [0.29, 0.717) is 18.3 Å². The van der Waals surface area contributed by atoms with E-state index in [-0.39, 0.29) is 17.9 Å². The van der Waals surface area contributed by atoms with Crippen LogP contribution in [0, 0.1) is 0 Å². The standard InChI is InChI=1S/C28H33N3O2.C6H8O7/c32-26(31-24-9-4-2-7-22(24)20-25(31)27(33)30-15-5-16-30)11-17-29-18-13-28(14-19-29)12-10-21-6-1-3-8-23(21)28;7-3(8)1-6(13,5(11)12)2-4(9)10/h1-4,6-9,25H,5,10-20H2;13H,1-2H2,(H,7,8)(H,9,10)(H,11,12)/t25-;/m0./s1. The maximum absolute atomic E-state index is 13.4. The van der Waals surface area contributed by atoms with Gasteiger partial charge in [0.05, 0.1) is 12.8 Å². The van der Waals surface area contributed by atoms with Gasteiger partial charge in [-0.15, -0.1) is 0 Å². The number of anilines is 1. The molecule has 0 bridgehead atoms. The Kier molecular flexibility index (Phi) is 9.78. The van der Waals surface area contributed by atoms with Gasteiger partial charge in [0, 0.05) is 38.2 Å². The van der Waals surface area contributed by atoms with Gasteiger partial charge in [-0.3, -0.25) is 24.1 Å². The topological polar surface area (TPSA) is 176 Å². The Morgan fingerprint density at radius 1 is 0.804 bits per heavy atom. The normalized spacial score (nSPS) is 19.8. The first-order valence-corrected chi connectivity index (χ1v) is 15.8. The first kappa shape index (κ1) is 33.1. The Morgan fingerprint density at radius 2 is 1.41 bits per heavy atom. The lowest BCUT2D eigenvalue weighted by molar-refractivity contribution is -0.170. The minimum Gasteiger partial charge on any atom is -0.481 e. The van der Waals surface area contributed by atoms with Crippen LogP contribution in [0.2, 0.25) is 0 Å². The lowest BCUT2D eigenvalue weighted by Crippen LogP contribution is -2.54. The van der Waals surface area contributed by atoms with Gasteiger partial charge < -0.3 is 30.2 Å². The maximum atomic E-state index is 13.4. The molecule has 6 rings (SSSR count). The highest BCUT2D eigenvalue weighted by Gasteiger charge is 2.43. The molecule has 0 radical (unpaired) electrons. The number of nitrogens with zero attached hydrogens (tertiary/aromatic N) is 3. The van der Waals surface area contributed by atoms with Crippen molar-refractivity contribution in [1.82, 2.24) is 9.80 Å². The molecule has 4 N–H and O–H groups in total. The van der Waals surface area contributed by atoms with Crippen LogP contribution in [0.25, 0.3) is 0 Å². The molecular formula is C34H41N3O9. The van der Waals surface area contributed by atoms with Gasteiger partial charge in [-0.25, -0.2) is 4.79 Å². The highest BCUT2D eigenvalue weighted by atomic mass is 16.4. The smallest absolute Gasteiger partial charge is 0.336 e. The summed E-state index contributed by atoms with van der Waals surface area (Å²) in [5.41, 5.74) is 2.76. The summed E-state index contributed by atoms with van der Waals surface area (Å²) < 4.78 is 0. The molecule has 2 amide bonds. The van der Waals surface area contributed by atoms with Crippen LogP contribution >= 0.6 is 0 Å². The lowest BCUT2D eigenvalue weighted by Gasteiger charge is -2.40. The van der Waals surface area contributed by atoms with Gasteiger partial charge in [0.2, 0.25) is 11.8 Å². The van der Waals surface area contributed by atoms with Gasteiger partial charge in [0.15, 0.2) is 5.60 Å². The number of rotatable bonds is 9. The Hall–Kier alpha value is -4.29. The molecule has 12 heteroatoms. The summed E-state index contributed by atoms with van der Waals surface area (Å²) in [6, 6.07) is 16.6. The number of piperidine rings is 1. The van der Waals surface area contributed by atoms with E-state index in [2.05, 4.69) is 35.2 Å². The molecular weight excluding hydrogens is 594 g/mol. The number of benzene rings is 2. The van der Waals surface area contributed by atoms with Crippen LogP contribution in [-0.2, 0) is 42.2 Å². The zero-order valence-electron chi connectivity index (χ0n) is 25.8. The first-order chi connectivity index (χ1) is 21.9. The van der Waals surface area contributed by atoms with E-state index in [9.17, 15) is 24.0 Å². The lowest BCUT2D eigenvalue weighted by atomic mass is 9.74. The van der Waals surface area contributed by atoms with Crippen LogP contribution in [0.5, 0.6) is 0 Å². The summed E-state index contributed by atoms with van der Waals surface area (Å²) >= 11 is 0. The molecule has 0 saturated carbocycles. The molecule has 0 unspecified atom stereocenters. The van der Waals surface area contributed by atoms with Crippen molar-refractivity contribution in [3.63, 3.8) is 0 Å². The minimum absolute atomic E-state index is 0.0883. The van der Waals surface area contributed by atoms with Crippen LogP contribution in [0.3, 0.4) is 0 Å². The van der Waals surface area contributed by atoms with Crippen molar-refractivity contribution in [3.05, 3.63) is 65.2 Å². The van der Waals surface area contributed by atoms with Crippen molar-refractivity contribution in [2.75, 3.05) is 37.6 Å². The Balaban J connectivity index is 0.000000274. The van der Waals surface area contributed by atoms with Crippen molar-refractivity contribution in [3.8, 4) is 0 Å². The number of carboxylic acid groups (broad SMARTS) is 3. The summed E-state index contributed by atoms with van der Waals surface area (Å²) in [6.45, 7) is 4.53.